The average Bonchev–Trinajstić information content (AvgIpc) is 2.97. The monoisotopic (exact) mass is 380 g/mol. The number of fused-ring (bicyclic) bond motifs is 1. The van der Waals surface area contributed by atoms with E-state index in [1.165, 1.54) is 0 Å². The number of primary amides is 1. The number of nitrogens with two attached hydrogens (primary N) is 1. The Bertz CT molecular complexity index is 1040. The van der Waals surface area contributed by atoms with Crippen molar-refractivity contribution in [2.45, 2.75) is 38.9 Å². The van der Waals surface area contributed by atoms with Gasteiger partial charge in [0.2, 0.25) is 11.8 Å². The summed E-state index contributed by atoms with van der Waals surface area (Å²) >= 11 is 0. The minimum atomic E-state index is -0.788. The maximum atomic E-state index is 12.6. The Morgan fingerprint density at radius 2 is 1.61 bits per heavy atom. The minimum Gasteiger partial charge on any atom is -0.368 e. The van der Waals surface area contributed by atoms with E-state index in [-0.39, 0.29) is 24.6 Å². The summed E-state index contributed by atoms with van der Waals surface area (Å²) in [5, 5.41) is 2.69. The van der Waals surface area contributed by atoms with E-state index in [1.54, 1.807) is 9.13 Å². The highest BCUT2D eigenvalue weighted by atomic mass is 16.2. The molecule has 7 heteroatoms. The van der Waals surface area contributed by atoms with Gasteiger partial charge in [-0.1, -0.05) is 42.5 Å². The lowest BCUT2D eigenvalue weighted by molar-refractivity contribution is -0.127. The molecule has 1 atom stereocenters. The fraction of sp³-hybridized carbons (Fsp3) is 0.286. The van der Waals surface area contributed by atoms with Crippen LogP contribution in [0.2, 0.25) is 0 Å². The van der Waals surface area contributed by atoms with E-state index in [0.29, 0.717) is 13.0 Å². The first-order valence-corrected chi connectivity index (χ1v) is 9.32. The van der Waals surface area contributed by atoms with Crippen molar-refractivity contribution in [3.63, 3.8) is 0 Å². The number of nitrogens with one attached hydrogen (secondary N) is 1. The van der Waals surface area contributed by atoms with Crippen LogP contribution in [0.15, 0.2) is 59.4 Å². The summed E-state index contributed by atoms with van der Waals surface area (Å²) in [5.41, 5.74) is 7.84. The Hall–Kier alpha value is -3.35. The summed E-state index contributed by atoms with van der Waals surface area (Å²) in [7, 11) is 0. The largest absolute Gasteiger partial charge is 0.368 e. The van der Waals surface area contributed by atoms with E-state index in [1.807, 2.05) is 61.5 Å². The third-order valence-electron chi connectivity index (χ3n) is 4.77. The van der Waals surface area contributed by atoms with Gasteiger partial charge in [0.15, 0.2) is 0 Å². The number of benzene rings is 2. The molecule has 3 N–H and O–H groups in total. The number of para-hydroxylation sites is 2. The SMILES string of the molecule is CCn1c(=O)n(CCC(=O)NC(Cc2ccccc2)C(N)=O)c2ccccc21. The molecule has 0 spiro atoms. The molecule has 0 saturated carbocycles. The number of amides is 2. The smallest absolute Gasteiger partial charge is 0.329 e. The van der Waals surface area contributed by atoms with Crippen LogP contribution >= 0.6 is 0 Å². The maximum absolute atomic E-state index is 12.6. The Labute approximate surface area is 162 Å². The van der Waals surface area contributed by atoms with E-state index < -0.39 is 11.9 Å². The van der Waals surface area contributed by atoms with E-state index in [2.05, 4.69) is 5.32 Å². The van der Waals surface area contributed by atoms with Crippen molar-refractivity contribution in [3.05, 3.63) is 70.6 Å². The van der Waals surface area contributed by atoms with Gasteiger partial charge in [-0.3, -0.25) is 18.7 Å². The fourth-order valence-electron chi connectivity index (χ4n) is 3.35. The highest BCUT2D eigenvalue weighted by molar-refractivity contribution is 5.87. The van der Waals surface area contributed by atoms with Gasteiger partial charge in [0.25, 0.3) is 0 Å². The summed E-state index contributed by atoms with van der Waals surface area (Å²) in [6, 6.07) is 16.1. The minimum absolute atomic E-state index is 0.0796. The number of aromatic nitrogens is 2. The number of carbonyl (C=O) groups excluding carboxylic acids is 2. The Morgan fingerprint density at radius 1 is 1.00 bits per heavy atom. The second kappa shape index (κ2) is 8.56. The number of rotatable bonds is 8. The molecule has 7 nitrogen and oxygen atoms in total. The van der Waals surface area contributed by atoms with E-state index >= 15 is 0 Å². The van der Waals surface area contributed by atoms with Crippen molar-refractivity contribution in [2.75, 3.05) is 0 Å². The highest BCUT2D eigenvalue weighted by Gasteiger charge is 2.19. The van der Waals surface area contributed by atoms with Gasteiger partial charge >= 0.3 is 5.69 Å². The van der Waals surface area contributed by atoms with Crippen LogP contribution in [-0.2, 0) is 29.1 Å². The first kappa shape index (κ1) is 19.4. The van der Waals surface area contributed by atoms with Crippen LogP contribution in [-0.4, -0.2) is 27.0 Å². The summed E-state index contributed by atoms with van der Waals surface area (Å²) < 4.78 is 3.27. The van der Waals surface area contributed by atoms with Crippen LogP contribution in [0.4, 0.5) is 0 Å². The van der Waals surface area contributed by atoms with Gasteiger partial charge in [-0.2, -0.15) is 0 Å². The summed E-state index contributed by atoms with van der Waals surface area (Å²) in [5.74, 6) is -0.906. The standard InChI is InChI=1S/C21H24N4O3/c1-2-24-17-10-6-7-11-18(17)25(21(24)28)13-12-19(26)23-16(20(22)27)14-15-8-4-3-5-9-15/h3-11,16H,2,12-14H2,1H3,(H2,22,27)(H,23,26). The summed E-state index contributed by atoms with van der Waals surface area (Å²) in [4.78, 5) is 36.8. The molecule has 0 fully saturated rings. The van der Waals surface area contributed by atoms with Crippen molar-refractivity contribution < 1.29 is 9.59 Å². The first-order chi connectivity index (χ1) is 13.5. The molecule has 0 aliphatic heterocycles. The van der Waals surface area contributed by atoms with Crippen molar-refractivity contribution in [2.24, 2.45) is 5.73 Å². The lowest BCUT2D eigenvalue weighted by Crippen LogP contribution is -2.46. The maximum Gasteiger partial charge on any atom is 0.329 e. The number of hydrogen-bond acceptors (Lipinski definition) is 3. The number of carbonyl (C=O) groups is 2. The second-order valence-corrected chi connectivity index (χ2v) is 6.63. The zero-order valence-electron chi connectivity index (χ0n) is 15.8. The van der Waals surface area contributed by atoms with Gasteiger partial charge in [0.05, 0.1) is 11.0 Å². The molecule has 0 aliphatic carbocycles. The normalized spacial score (nSPS) is 12.0. The van der Waals surface area contributed by atoms with Crippen LogP contribution < -0.4 is 16.7 Å². The van der Waals surface area contributed by atoms with Crippen molar-refractivity contribution in [1.82, 2.24) is 14.5 Å². The quantitative estimate of drug-likeness (QED) is 0.618. The zero-order valence-corrected chi connectivity index (χ0v) is 15.8. The van der Waals surface area contributed by atoms with Crippen LogP contribution in [0.1, 0.15) is 18.9 Å². The molecule has 3 aromatic rings. The van der Waals surface area contributed by atoms with Gasteiger partial charge < -0.3 is 11.1 Å². The van der Waals surface area contributed by atoms with Crippen molar-refractivity contribution in [3.8, 4) is 0 Å². The van der Waals surface area contributed by atoms with Gasteiger partial charge in [-0.05, 0) is 24.6 Å². The van der Waals surface area contributed by atoms with Gasteiger partial charge in [0, 0.05) is 25.9 Å². The lowest BCUT2D eigenvalue weighted by atomic mass is 10.1. The summed E-state index contributed by atoms with van der Waals surface area (Å²) in [6.07, 6.45) is 0.410. The molecule has 3 rings (SSSR count). The van der Waals surface area contributed by atoms with Crippen LogP contribution in [0.5, 0.6) is 0 Å². The molecule has 0 radical (unpaired) electrons. The Balaban J connectivity index is 1.70. The molecular formula is C21H24N4O3. The molecule has 0 aliphatic rings. The highest BCUT2D eigenvalue weighted by Crippen LogP contribution is 2.13. The van der Waals surface area contributed by atoms with Crippen LogP contribution in [0.25, 0.3) is 11.0 Å². The molecule has 28 heavy (non-hydrogen) atoms. The predicted octanol–water partition coefficient (Wildman–Crippen LogP) is 1.43. The van der Waals surface area contributed by atoms with Crippen molar-refractivity contribution >= 4 is 22.8 Å². The molecule has 1 heterocycles. The number of imidazole rings is 1. The topological polar surface area (TPSA) is 99.1 Å². The number of nitrogens with zero attached hydrogens (tertiary/aromatic N) is 2. The summed E-state index contributed by atoms with van der Waals surface area (Å²) in [6.45, 7) is 2.69. The molecule has 2 amide bonds. The average molecular weight is 380 g/mol. The third kappa shape index (κ3) is 4.14. The van der Waals surface area contributed by atoms with E-state index in [0.717, 1.165) is 16.6 Å². The molecule has 0 bridgehead atoms. The molecule has 146 valence electrons. The molecular weight excluding hydrogens is 356 g/mol. The van der Waals surface area contributed by atoms with E-state index in [9.17, 15) is 14.4 Å². The van der Waals surface area contributed by atoms with Gasteiger partial charge in [-0.15, -0.1) is 0 Å². The predicted molar refractivity (Wildman–Crippen MR) is 108 cm³/mol. The van der Waals surface area contributed by atoms with Gasteiger partial charge in [-0.25, -0.2) is 4.79 Å². The van der Waals surface area contributed by atoms with Crippen molar-refractivity contribution in [1.29, 1.82) is 0 Å². The molecule has 0 saturated heterocycles. The fourth-order valence-corrected chi connectivity index (χ4v) is 3.35. The lowest BCUT2D eigenvalue weighted by Gasteiger charge is -2.15. The Morgan fingerprint density at radius 3 is 2.21 bits per heavy atom. The van der Waals surface area contributed by atoms with E-state index in [4.69, 9.17) is 5.73 Å². The molecule has 1 unspecified atom stereocenters. The first-order valence-electron chi connectivity index (χ1n) is 9.32. The van der Waals surface area contributed by atoms with Crippen LogP contribution in [0.3, 0.4) is 0 Å². The molecule has 1 aromatic heterocycles. The van der Waals surface area contributed by atoms with Crippen LogP contribution in [0, 0.1) is 0 Å². The zero-order chi connectivity index (χ0) is 20.1. The molecule has 2 aromatic carbocycles. The number of hydrogen-bond donors (Lipinski definition) is 2. The Kier molecular flexibility index (Phi) is 5.93. The number of aryl methyl sites for hydroxylation is 2. The second-order valence-electron chi connectivity index (χ2n) is 6.63. The van der Waals surface area contributed by atoms with Gasteiger partial charge in [0.1, 0.15) is 6.04 Å². The third-order valence-corrected chi connectivity index (χ3v) is 4.77.